The number of thiophene rings is 1. The van der Waals surface area contributed by atoms with Crippen LogP contribution in [0.1, 0.15) is 35.5 Å². The van der Waals surface area contributed by atoms with Crippen molar-refractivity contribution >= 4 is 35.3 Å². The Bertz CT molecular complexity index is 641. The summed E-state index contributed by atoms with van der Waals surface area (Å²) in [4.78, 5) is 20.3. The van der Waals surface area contributed by atoms with Crippen LogP contribution in [0.5, 0.6) is 0 Å². The van der Waals surface area contributed by atoms with Gasteiger partial charge in [-0.05, 0) is 42.0 Å². The Balaban J connectivity index is 0.00000176. The Morgan fingerprint density at radius 1 is 1.45 bits per heavy atom. The molecule has 3 heterocycles. The standard InChI is InChI=1S/C16H19N3OS.ClH/c1-2-14-13-6-8-21-15(13)5-7-19(14)16(20)9-12-4-3-11(17)10-18-12;/h3-4,6,8,10,14H,2,5,7,9,17H2,1H3;1H. The van der Waals surface area contributed by atoms with Crippen molar-refractivity contribution in [3.05, 3.63) is 45.9 Å². The second-order valence-corrected chi connectivity index (χ2v) is 6.32. The summed E-state index contributed by atoms with van der Waals surface area (Å²) in [6.07, 6.45) is 3.86. The number of aromatic nitrogens is 1. The number of hydrogen-bond donors (Lipinski definition) is 1. The first-order valence-corrected chi connectivity index (χ1v) is 8.13. The summed E-state index contributed by atoms with van der Waals surface area (Å²) < 4.78 is 0. The fourth-order valence-electron chi connectivity index (χ4n) is 2.93. The summed E-state index contributed by atoms with van der Waals surface area (Å²) >= 11 is 1.80. The molecule has 1 atom stereocenters. The van der Waals surface area contributed by atoms with Crippen molar-refractivity contribution in [3.8, 4) is 0 Å². The molecule has 1 amide bonds. The summed E-state index contributed by atoms with van der Waals surface area (Å²) in [5.41, 5.74) is 8.36. The monoisotopic (exact) mass is 337 g/mol. The highest BCUT2D eigenvalue weighted by atomic mass is 35.5. The van der Waals surface area contributed by atoms with Crippen LogP contribution in [-0.2, 0) is 17.6 Å². The van der Waals surface area contributed by atoms with Gasteiger partial charge in [0, 0.05) is 17.1 Å². The van der Waals surface area contributed by atoms with E-state index in [2.05, 4.69) is 23.4 Å². The molecule has 4 nitrogen and oxygen atoms in total. The van der Waals surface area contributed by atoms with Crippen molar-refractivity contribution in [2.24, 2.45) is 0 Å². The molecule has 0 aliphatic carbocycles. The molecule has 1 aliphatic heterocycles. The number of carbonyl (C=O) groups is 1. The lowest BCUT2D eigenvalue weighted by molar-refractivity contribution is -0.133. The average molecular weight is 338 g/mol. The molecule has 1 aliphatic rings. The normalized spacial score (nSPS) is 16.8. The number of carbonyl (C=O) groups excluding carboxylic acids is 1. The molecule has 118 valence electrons. The largest absolute Gasteiger partial charge is 0.397 e. The first-order chi connectivity index (χ1) is 10.2. The summed E-state index contributed by atoms with van der Waals surface area (Å²) in [6.45, 7) is 2.94. The zero-order valence-corrected chi connectivity index (χ0v) is 14.1. The Hall–Kier alpha value is -1.59. The number of nitrogen functional groups attached to an aromatic ring is 1. The average Bonchev–Trinajstić information content (AvgIpc) is 2.97. The number of halogens is 1. The van der Waals surface area contributed by atoms with E-state index >= 15 is 0 Å². The fraction of sp³-hybridized carbons (Fsp3) is 0.375. The number of fused-ring (bicyclic) bond motifs is 1. The molecule has 0 aromatic carbocycles. The fourth-order valence-corrected chi connectivity index (χ4v) is 3.86. The topological polar surface area (TPSA) is 59.2 Å². The van der Waals surface area contributed by atoms with Crippen LogP contribution in [0, 0.1) is 0 Å². The third-order valence-corrected chi connectivity index (χ3v) is 4.98. The van der Waals surface area contributed by atoms with Crippen LogP contribution >= 0.6 is 23.7 Å². The zero-order valence-electron chi connectivity index (χ0n) is 12.5. The Kier molecular flexibility index (Phi) is 5.42. The summed E-state index contributed by atoms with van der Waals surface area (Å²) in [7, 11) is 0. The second-order valence-electron chi connectivity index (χ2n) is 5.32. The molecule has 3 rings (SSSR count). The van der Waals surface area contributed by atoms with E-state index in [1.165, 1.54) is 10.4 Å². The minimum atomic E-state index is 0. The van der Waals surface area contributed by atoms with Crippen LogP contribution in [-0.4, -0.2) is 22.3 Å². The SMILES string of the molecule is CCC1c2ccsc2CCN1C(=O)Cc1ccc(N)cn1.Cl. The van der Waals surface area contributed by atoms with Crippen molar-refractivity contribution in [2.45, 2.75) is 32.2 Å². The number of rotatable bonds is 3. The number of nitrogens with zero attached hydrogens (tertiary/aromatic N) is 2. The van der Waals surface area contributed by atoms with Gasteiger partial charge in [0.1, 0.15) is 0 Å². The van der Waals surface area contributed by atoms with Gasteiger partial charge in [0.05, 0.1) is 24.3 Å². The van der Waals surface area contributed by atoms with Crippen LogP contribution in [0.2, 0.25) is 0 Å². The first kappa shape index (κ1) is 16.8. The van der Waals surface area contributed by atoms with Crippen molar-refractivity contribution in [1.29, 1.82) is 0 Å². The molecule has 0 bridgehead atoms. The highest BCUT2D eigenvalue weighted by molar-refractivity contribution is 7.10. The smallest absolute Gasteiger partial charge is 0.229 e. The molecule has 2 aromatic heterocycles. The van der Waals surface area contributed by atoms with Gasteiger partial charge in [-0.15, -0.1) is 23.7 Å². The minimum absolute atomic E-state index is 0. The quantitative estimate of drug-likeness (QED) is 0.935. The molecule has 0 spiro atoms. The molecule has 0 saturated heterocycles. The molecule has 0 fully saturated rings. The lowest BCUT2D eigenvalue weighted by atomic mass is 9.97. The molecule has 22 heavy (non-hydrogen) atoms. The molecule has 0 radical (unpaired) electrons. The molecule has 1 unspecified atom stereocenters. The Labute approximate surface area is 140 Å². The van der Waals surface area contributed by atoms with Gasteiger partial charge >= 0.3 is 0 Å². The predicted molar refractivity (Wildman–Crippen MR) is 92.4 cm³/mol. The van der Waals surface area contributed by atoms with Crippen LogP contribution < -0.4 is 5.73 Å². The van der Waals surface area contributed by atoms with Crippen molar-refractivity contribution in [1.82, 2.24) is 9.88 Å². The predicted octanol–water partition coefficient (Wildman–Crippen LogP) is 3.23. The zero-order chi connectivity index (χ0) is 14.8. The van der Waals surface area contributed by atoms with Gasteiger partial charge in [-0.25, -0.2) is 0 Å². The van der Waals surface area contributed by atoms with Gasteiger partial charge in [-0.1, -0.05) is 6.92 Å². The van der Waals surface area contributed by atoms with Crippen molar-refractivity contribution in [2.75, 3.05) is 12.3 Å². The van der Waals surface area contributed by atoms with Gasteiger partial charge in [0.15, 0.2) is 0 Å². The van der Waals surface area contributed by atoms with E-state index in [9.17, 15) is 4.79 Å². The molecule has 0 saturated carbocycles. The summed E-state index contributed by atoms with van der Waals surface area (Å²) in [5, 5.41) is 2.13. The molecule has 2 aromatic rings. The van der Waals surface area contributed by atoms with E-state index in [0.29, 0.717) is 12.1 Å². The second kappa shape index (κ2) is 7.11. The van der Waals surface area contributed by atoms with E-state index in [1.807, 2.05) is 11.0 Å². The lowest BCUT2D eigenvalue weighted by Gasteiger charge is -2.35. The van der Waals surface area contributed by atoms with E-state index in [1.54, 1.807) is 23.6 Å². The van der Waals surface area contributed by atoms with E-state index in [0.717, 1.165) is 25.1 Å². The van der Waals surface area contributed by atoms with Gasteiger partial charge in [-0.2, -0.15) is 0 Å². The van der Waals surface area contributed by atoms with Crippen molar-refractivity contribution < 1.29 is 4.79 Å². The van der Waals surface area contributed by atoms with E-state index < -0.39 is 0 Å². The van der Waals surface area contributed by atoms with Gasteiger partial charge in [0.2, 0.25) is 5.91 Å². The number of anilines is 1. The van der Waals surface area contributed by atoms with E-state index in [-0.39, 0.29) is 24.4 Å². The third-order valence-electron chi connectivity index (χ3n) is 3.98. The third kappa shape index (κ3) is 3.25. The lowest BCUT2D eigenvalue weighted by Crippen LogP contribution is -2.40. The Morgan fingerprint density at radius 2 is 2.27 bits per heavy atom. The number of amides is 1. The highest BCUT2D eigenvalue weighted by Crippen LogP contribution is 2.35. The van der Waals surface area contributed by atoms with Crippen LogP contribution in [0.3, 0.4) is 0 Å². The molecular weight excluding hydrogens is 318 g/mol. The highest BCUT2D eigenvalue weighted by Gasteiger charge is 2.30. The number of hydrogen-bond acceptors (Lipinski definition) is 4. The number of pyridine rings is 1. The van der Waals surface area contributed by atoms with Crippen molar-refractivity contribution in [3.63, 3.8) is 0 Å². The van der Waals surface area contributed by atoms with Crippen LogP contribution in [0.25, 0.3) is 0 Å². The van der Waals surface area contributed by atoms with E-state index in [4.69, 9.17) is 5.73 Å². The van der Waals surface area contributed by atoms with Crippen LogP contribution in [0.4, 0.5) is 5.69 Å². The maximum Gasteiger partial charge on any atom is 0.229 e. The molecular formula is C16H20ClN3OS. The van der Waals surface area contributed by atoms with Gasteiger partial charge in [0.25, 0.3) is 0 Å². The summed E-state index contributed by atoms with van der Waals surface area (Å²) in [5.74, 6) is 0.149. The Morgan fingerprint density at radius 3 is 2.95 bits per heavy atom. The first-order valence-electron chi connectivity index (χ1n) is 7.25. The maximum absolute atomic E-state index is 12.6. The summed E-state index contributed by atoms with van der Waals surface area (Å²) in [6, 6.07) is 5.99. The molecule has 6 heteroatoms. The van der Waals surface area contributed by atoms with Gasteiger partial charge < -0.3 is 10.6 Å². The minimum Gasteiger partial charge on any atom is -0.397 e. The van der Waals surface area contributed by atoms with Crippen LogP contribution in [0.15, 0.2) is 29.8 Å². The maximum atomic E-state index is 12.6. The number of nitrogens with two attached hydrogens (primary N) is 1. The van der Waals surface area contributed by atoms with Gasteiger partial charge in [-0.3, -0.25) is 9.78 Å². The molecule has 2 N–H and O–H groups in total.